The van der Waals surface area contributed by atoms with Crippen molar-refractivity contribution in [3.05, 3.63) is 23.7 Å². The zero-order valence-corrected chi connectivity index (χ0v) is 14.5. The summed E-state index contributed by atoms with van der Waals surface area (Å²) in [6.45, 7) is 4.08. The number of nitrogens with zero attached hydrogens (tertiary/aromatic N) is 3. The number of carbonyl (C=O) groups is 1. The van der Waals surface area contributed by atoms with Gasteiger partial charge in [-0.3, -0.25) is 9.48 Å². The minimum Gasteiger partial charge on any atom is -0.355 e. The van der Waals surface area contributed by atoms with Crippen molar-refractivity contribution in [3.8, 4) is 11.3 Å². The van der Waals surface area contributed by atoms with Crippen molar-refractivity contribution in [2.24, 2.45) is 24.8 Å². The second kappa shape index (κ2) is 5.76. The van der Waals surface area contributed by atoms with E-state index in [0.717, 1.165) is 23.1 Å². The van der Waals surface area contributed by atoms with Crippen LogP contribution >= 0.6 is 0 Å². The number of hydrogen-bond acceptors (Lipinski definition) is 4. The third-order valence-corrected chi connectivity index (χ3v) is 6.04. The summed E-state index contributed by atoms with van der Waals surface area (Å²) in [6, 6.07) is 1.89. The molecular weight excluding hydrogens is 304 g/mol. The van der Waals surface area contributed by atoms with Crippen LogP contribution in [0.5, 0.6) is 0 Å². The second-order valence-corrected chi connectivity index (χ2v) is 7.44. The summed E-state index contributed by atoms with van der Waals surface area (Å²) >= 11 is 0. The molecule has 2 aromatic heterocycles. The molecule has 6 heteroatoms. The van der Waals surface area contributed by atoms with Crippen molar-refractivity contribution < 1.29 is 9.32 Å². The maximum absolute atomic E-state index is 12.5. The van der Waals surface area contributed by atoms with E-state index >= 15 is 0 Å². The molecule has 4 rings (SSSR count). The lowest BCUT2D eigenvalue weighted by molar-refractivity contribution is 0.0906. The maximum Gasteiger partial charge on any atom is 0.273 e. The number of nitrogens with one attached hydrogen (secondary N) is 1. The van der Waals surface area contributed by atoms with Crippen LogP contribution in [0.15, 0.2) is 16.8 Å². The van der Waals surface area contributed by atoms with Gasteiger partial charge < -0.3 is 9.84 Å². The number of amides is 1. The Morgan fingerprint density at radius 2 is 2.25 bits per heavy atom. The average Bonchev–Trinajstić information content (AvgIpc) is 3.32. The van der Waals surface area contributed by atoms with Crippen molar-refractivity contribution in [1.29, 1.82) is 0 Å². The average molecular weight is 328 g/mol. The normalized spacial score (nSPS) is 26.7. The highest BCUT2D eigenvalue weighted by Gasteiger charge is 2.42. The van der Waals surface area contributed by atoms with E-state index < -0.39 is 0 Å². The molecule has 24 heavy (non-hydrogen) atoms. The van der Waals surface area contributed by atoms with Gasteiger partial charge in [-0.1, -0.05) is 11.6 Å². The summed E-state index contributed by atoms with van der Waals surface area (Å²) in [5, 5.41) is 11.3. The molecule has 2 aromatic rings. The molecule has 4 unspecified atom stereocenters. The van der Waals surface area contributed by atoms with Gasteiger partial charge in [-0.15, -0.1) is 0 Å². The van der Waals surface area contributed by atoms with E-state index in [1.165, 1.54) is 25.7 Å². The predicted molar refractivity (Wildman–Crippen MR) is 89.3 cm³/mol. The third-order valence-electron chi connectivity index (χ3n) is 6.04. The van der Waals surface area contributed by atoms with Crippen LogP contribution in [0.1, 0.15) is 48.8 Å². The fourth-order valence-corrected chi connectivity index (χ4v) is 4.54. The first-order valence-electron chi connectivity index (χ1n) is 8.79. The summed E-state index contributed by atoms with van der Waals surface area (Å²) in [4.78, 5) is 12.5. The van der Waals surface area contributed by atoms with Crippen LogP contribution in [0, 0.1) is 24.7 Å². The van der Waals surface area contributed by atoms with Gasteiger partial charge in [0.25, 0.3) is 5.91 Å². The van der Waals surface area contributed by atoms with Gasteiger partial charge in [0.15, 0.2) is 11.5 Å². The summed E-state index contributed by atoms with van der Waals surface area (Å²) in [7, 11) is 1.87. The standard InChI is InChI=1S/C18H24N4O2/c1-10(14-7-12-4-5-13(14)6-12)20-18(23)16-8-17(24-21-16)15-9-19-22(3)11(15)2/h8-10,12-14H,4-7H2,1-3H3,(H,20,23). The van der Waals surface area contributed by atoms with Gasteiger partial charge in [-0.25, -0.2) is 0 Å². The molecule has 0 saturated heterocycles. The first kappa shape index (κ1) is 15.4. The number of aromatic nitrogens is 3. The van der Waals surface area contributed by atoms with Crippen molar-refractivity contribution in [3.63, 3.8) is 0 Å². The van der Waals surface area contributed by atoms with E-state index in [9.17, 15) is 4.79 Å². The van der Waals surface area contributed by atoms with Crippen molar-refractivity contribution in [2.75, 3.05) is 0 Å². The predicted octanol–water partition coefficient (Wildman–Crippen LogP) is 2.94. The summed E-state index contributed by atoms with van der Waals surface area (Å²) in [5.74, 6) is 2.71. The molecule has 2 aliphatic rings. The molecule has 2 fully saturated rings. The molecule has 0 radical (unpaired) electrons. The zero-order valence-electron chi connectivity index (χ0n) is 14.5. The summed E-state index contributed by atoms with van der Waals surface area (Å²) < 4.78 is 7.13. The van der Waals surface area contributed by atoms with E-state index in [2.05, 4.69) is 22.5 Å². The van der Waals surface area contributed by atoms with Gasteiger partial charge in [0.2, 0.25) is 0 Å². The Hall–Kier alpha value is -2.11. The first-order valence-corrected chi connectivity index (χ1v) is 8.79. The number of fused-ring (bicyclic) bond motifs is 2. The molecular formula is C18H24N4O2. The molecule has 6 nitrogen and oxygen atoms in total. The molecule has 0 spiro atoms. The van der Waals surface area contributed by atoms with Gasteiger partial charge in [0.1, 0.15) is 0 Å². The molecule has 128 valence electrons. The highest BCUT2D eigenvalue weighted by atomic mass is 16.5. The third kappa shape index (κ3) is 2.54. The Balaban J connectivity index is 1.44. The van der Waals surface area contributed by atoms with Gasteiger partial charge in [-0.2, -0.15) is 5.10 Å². The van der Waals surface area contributed by atoms with Crippen LogP contribution < -0.4 is 5.32 Å². The smallest absolute Gasteiger partial charge is 0.273 e. The summed E-state index contributed by atoms with van der Waals surface area (Å²) in [5.41, 5.74) is 2.18. The van der Waals surface area contributed by atoms with Crippen molar-refractivity contribution >= 4 is 5.91 Å². The van der Waals surface area contributed by atoms with Crippen molar-refractivity contribution in [2.45, 2.75) is 45.6 Å². The van der Waals surface area contributed by atoms with Gasteiger partial charge in [0.05, 0.1) is 11.8 Å². The van der Waals surface area contributed by atoms with Gasteiger partial charge >= 0.3 is 0 Å². The molecule has 0 aromatic carbocycles. The second-order valence-electron chi connectivity index (χ2n) is 7.44. The first-order chi connectivity index (χ1) is 11.5. The van der Waals surface area contributed by atoms with Crippen molar-refractivity contribution in [1.82, 2.24) is 20.3 Å². The zero-order chi connectivity index (χ0) is 16.8. The maximum atomic E-state index is 12.5. The van der Waals surface area contributed by atoms with Crippen LogP contribution in [-0.2, 0) is 7.05 Å². The van der Waals surface area contributed by atoms with Gasteiger partial charge in [0, 0.05) is 24.8 Å². The Kier molecular flexibility index (Phi) is 3.70. The quantitative estimate of drug-likeness (QED) is 0.936. The molecule has 2 aliphatic carbocycles. The number of carbonyl (C=O) groups excluding carboxylic acids is 1. The Labute approximate surface area is 141 Å². The Bertz CT molecular complexity index is 763. The lowest BCUT2D eigenvalue weighted by Crippen LogP contribution is -2.40. The summed E-state index contributed by atoms with van der Waals surface area (Å²) in [6.07, 6.45) is 7.03. The molecule has 1 N–H and O–H groups in total. The number of hydrogen-bond donors (Lipinski definition) is 1. The monoisotopic (exact) mass is 328 g/mol. The van der Waals surface area contributed by atoms with Crippen LogP contribution in [0.4, 0.5) is 0 Å². The molecule has 0 aliphatic heterocycles. The molecule has 2 bridgehead atoms. The lowest BCUT2D eigenvalue weighted by Gasteiger charge is -2.28. The molecule has 2 heterocycles. The molecule has 2 saturated carbocycles. The van der Waals surface area contributed by atoms with Crippen LogP contribution in [0.2, 0.25) is 0 Å². The van der Waals surface area contributed by atoms with E-state index in [1.54, 1.807) is 16.9 Å². The number of aryl methyl sites for hydroxylation is 1. The minimum absolute atomic E-state index is 0.151. The Morgan fingerprint density at radius 3 is 2.88 bits per heavy atom. The van der Waals surface area contributed by atoms with Crippen LogP contribution in [-0.4, -0.2) is 26.9 Å². The molecule has 4 atom stereocenters. The van der Waals surface area contributed by atoms with Crippen LogP contribution in [0.25, 0.3) is 11.3 Å². The molecule has 1 amide bonds. The topological polar surface area (TPSA) is 73.0 Å². The van der Waals surface area contributed by atoms with Gasteiger partial charge in [-0.05, 0) is 50.9 Å². The van der Waals surface area contributed by atoms with E-state index in [4.69, 9.17) is 4.52 Å². The SMILES string of the molecule is Cc1c(-c2cc(C(=O)NC(C)C3CC4CCC3C4)no2)cnn1C. The lowest BCUT2D eigenvalue weighted by atomic mass is 9.84. The highest BCUT2D eigenvalue weighted by Crippen LogP contribution is 2.49. The largest absolute Gasteiger partial charge is 0.355 e. The fraction of sp³-hybridized carbons (Fsp3) is 0.611. The minimum atomic E-state index is -0.151. The van der Waals surface area contributed by atoms with Crippen LogP contribution in [0.3, 0.4) is 0 Å². The Morgan fingerprint density at radius 1 is 1.42 bits per heavy atom. The van der Waals surface area contributed by atoms with E-state index in [1.807, 2.05) is 14.0 Å². The number of rotatable bonds is 4. The highest BCUT2D eigenvalue weighted by molar-refractivity contribution is 5.93. The van der Waals surface area contributed by atoms with E-state index in [0.29, 0.717) is 17.4 Å². The fourth-order valence-electron chi connectivity index (χ4n) is 4.54. The van der Waals surface area contributed by atoms with E-state index in [-0.39, 0.29) is 11.9 Å².